The van der Waals surface area contributed by atoms with Crippen LogP contribution < -0.4 is 5.32 Å². The maximum absolute atomic E-state index is 5.13. The van der Waals surface area contributed by atoms with E-state index in [9.17, 15) is 0 Å². The van der Waals surface area contributed by atoms with Crippen molar-refractivity contribution in [3.05, 3.63) is 0 Å². The number of methoxy groups -OCH3 is 1. The van der Waals surface area contributed by atoms with Gasteiger partial charge >= 0.3 is 0 Å². The van der Waals surface area contributed by atoms with Gasteiger partial charge in [0, 0.05) is 25.7 Å². The number of likely N-dealkylation sites (N-methyl/N-ethyl adjacent to an activating group) is 1. The van der Waals surface area contributed by atoms with Crippen LogP contribution in [0.2, 0.25) is 0 Å². The van der Waals surface area contributed by atoms with Gasteiger partial charge in [0.1, 0.15) is 0 Å². The molecular formula is C13H30N2O. The Balaban J connectivity index is 3.62. The van der Waals surface area contributed by atoms with Crippen LogP contribution in [0, 0.1) is 0 Å². The molecule has 0 saturated carbocycles. The van der Waals surface area contributed by atoms with Crippen molar-refractivity contribution in [2.24, 2.45) is 0 Å². The van der Waals surface area contributed by atoms with Gasteiger partial charge in [-0.15, -0.1) is 0 Å². The lowest BCUT2D eigenvalue weighted by molar-refractivity contribution is 0.125. The van der Waals surface area contributed by atoms with Gasteiger partial charge in [-0.3, -0.25) is 4.90 Å². The summed E-state index contributed by atoms with van der Waals surface area (Å²) >= 11 is 0. The Bertz CT molecular complexity index is 151. The summed E-state index contributed by atoms with van der Waals surface area (Å²) in [7, 11) is 1.77. The van der Waals surface area contributed by atoms with Crippen LogP contribution in [0.15, 0.2) is 0 Å². The number of nitrogens with zero attached hydrogens (tertiary/aromatic N) is 1. The van der Waals surface area contributed by atoms with E-state index in [2.05, 4.69) is 37.9 Å². The first kappa shape index (κ1) is 15.9. The van der Waals surface area contributed by atoms with Crippen LogP contribution >= 0.6 is 0 Å². The standard InChI is InChI=1S/C13H30N2O/c1-6-15(10-11-16-5)13(4)8-7-9-14-12(2)3/h12-14H,6-11H2,1-5H3. The zero-order valence-corrected chi connectivity index (χ0v) is 11.8. The lowest BCUT2D eigenvalue weighted by Gasteiger charge is -2.27. The van der Waals surface area contributed by atoms with E-state index in [1.54, 1.807) is 7.11 Å². The molecule has 1 atom stereocenters. The first-order valence-corrected chi connectivity index (χ1v) is 6.58. The molecule has 0 saturated heterocycles. The van der Waals surface area contributed by atoms with Crippen molar-refractivity contribution in [3.63, 3.8) is 0 Å². The molecule has 0 aliphatic heterocycles. The Labute approximate surface area is 102 Å². The summed E-state index contributed by atoms with van der Waals surface area (Å²) in [5.74, 6) is 0. The third-order valence-electron chi connectivity index (χ3n) is 2.96. The average Bonchev–Trinajstić information content (AvgIpc) is 2.25. The highest BCUT2D eigenvalue weighted by Crippen LogP contribution is 2.05. The fourth-order valence-electron chi connectivity index (χ4n) is 1.87. The minimum absolute atomic E-state index is 0.603. The molecule has 0 aromatic rings. The lowest BCUT2D eigenvalue weighted by Crippen LogP contribution is -2.36. The van der Waals surface area contributed by atoms with Crippen LogP contribution in [0.25, 0.3) is 0 Å². The molecule has 0 heterocycles. The van der Waals surface area contributed by atoms with Crippen molar-refractivity contribution in [2.45, 2.75) is 52.6 Å². The number of ether oxygens (including phenoxy) is 1. The number of hydrogen-bond acceptors (Lipinski definition) is 3. The molecule has 0 aromatic carbocycles. The normalized spacial score (nSPS) is 13.7. The van der Waals surface area contributed by atoms with E-state index in [0.29, 0.717) is 12.1 Å². The molecule has 0 spiro atoms. The molecule has 3 heteroatoms. The predicted octanol–water partition coefficient (Wildman–Crippen LogP) is 2.12. The molecule has 3 nitrogen and oxygen atoms in total. The first-order chi connectivity index (χ1) is 7.61. The molecule has 0 bridgehead atoms. The highest BCUT2D eigenvalue weighted by atomic mass is 16.5. The molecule has 0 fully saturated rings. The minimum atomic E-state index is 0.603. The first-order valence-electron chi connectivity index (χ1n) is 6.58. The smallest absolute Gasteiger partial charge is 0.0589 e. The molecular weight excluding hydrogens is 200 g/mol. The van der Waals surface area contributed by atoms with E-state index in [0.717, 1.165) is 26.2 Å². The third kappa shape index (κ3) is 8.08. The van der Waals surface area contributed by atoms with Crippen LogP contribution in [0.1, 0.15) is 40.5 Å². The van der Waals surface area contributed by atoms with Crippen LogP contribution in [0.3, 0.4) is 0 Å². The Morgan fingerprint density at radius 3 is 2.44 bits per heavy atom. The molecule has 16 heavy (non-hydrogen) atoms. The summed E-state index contributed by atoms with van der Waals surface area (Å²) in [5.41, 5.74) is 0. The molecule has 0 radical (unpaired) electrons. The zero-order chi connectivity index (χ0) is 12.4. The number of hydrogen-bond donors (Lipinski definition) is 1. The van der Waals surface area contributed by atoms with Gasteiger partial charge in [0.05, 0.1) is 6.61 Å². The Morgan fingerprint density at radius 2 is 1.94 bits per heavy atom. The van der Waals surface area contributed by atoms with Gasteiger partial charge in [0.2, 0.25) is 0 Å². The van der Waals surface area contributed by atoms with E-state index in [4.69, 9.17) is 4.74 Å². The van der Waals surface area contributed by atoms with E-state index >= 15 is 0 Å². The maximum Gasteiger partial charge on any atom is 0.0589 e. The van der Waals surface area contributed by atoms with Crippen molar-refractivity contribution in [1.29, 1.82) is 0 Å². The Hall–Kier alpha value is -0.120. The van der Waals surface area contributed by atoms with E-state index in [1.807, 2.05) is 0 Å². The van der Waals surface area contributed by atoms with Gasteiger partial charge < -0.3 is 10.1 Å². The van der Waals surface area contributed by atoms with E-state index < -0.39 is 0 Å². The second-order valence-corrected chi connectivity index (χ2v) is 4.72. The molecule has 98 valence electrons. The molecule has 0 aromatic heterocycles. The third-order valence-corrected chi connectivity index (χ3v) is 2.96. The maximum atomic E-state index is 5.13. The van der Waals surface area contributed by atoms with Crippen molar-refractivity contribution < 1.29 is 4.74 Å². The van der Waals surface area contributed by atoms with Crippen molar-refractivity contribution in [1.82, 2.24) is 10.2 Å². The SMILES string of the molecule is CCN(CCOC)C(C)CCCNC(C)C. The monoisotopic (exact) mass is 230 g/mol. The van der Waals surface area contributed by atoms with Gasteiger partial charge in [0.15, 0.2) is 0 Å². The summed E-state index contributed by atoms with van der Waals surface area (Å²) in [6.07, 6.45) is 2.51. The topological polar surface area (TPSA) is 24.5 Å². The molecule has 0 amide bonds. The van der Waals surface area contributed by atoms with Crippen molar-refractivity contribution in [3.8, 4) is 0 Å². The average molecular weight is 230 g/mol. The van der Waals surface area contributed by atoms with E-state index in [-0.39, 0.29) is 0 Å². The van der Waals surface area contributed by atoms with Gasteiger partial charge in [-0.05, 0) is 32.9 Å². The quantitative estimate of drug-likeness (QED) is 0.582. The Kier molecular flexibility index (Phi) is 9.99. The van der Waals surface area contributed by atoms with Gasteiger partial charge in [-0.1, -0.05) is 20.8 Å². The van der Waals surface area contributed by atoms with Gasteiger partial charge in [0.25, 0.3) is 0 Å². The summed E-state index contributed by atoms with van der Waals surface area (Å²) in [6, 6.07) is 1.26. The fraction of sp³-hybridized carbons (Fsp3) is 1.00. The van der Waals surface area contributed by atoms with Crippen LogP contribution in [-0.4, -0.2) is 50.3 Å². The summed E-state index contributed by atoms with van der Waals surface area (Å²) in [6.45, 7) is 13.0. The Morgan fingerprint density at radius 1 is 1.25 bits per heavy atom. The van der Waals surface area contributed by atoms with Gasteiger partial charge in [-0.25, -0.2) is 0 Å². The summed E-state index contributed by atoms with van der Waals surface area (Å²) in [5, 5.41) is 3.46. The van der Waals surface area contributed by atoms with E-state index in [1.165, 1.54) is 12.8 Å². The zero-order valence-electron chi connectivity index (χ0n) is 11.8. The highest BCUT2D eigenvalue weighted by molar-refractivity contribution is 4.66. The summed E-state index contributed by atoms with van der Waals surface area (Å²) < 4.78 is 5.13. The molecule has 1 unspecified atom stereocenters. The fourth-order valence-corrected chi connectivity index (χ4v) is 1.87. The van der Waals surface area contributed by atoms with Crippen LogP contribution in [0.4, 0.5) is 0 Å². The van der Waals surface area contributed by atoms with Crippen LogP contribution in [-0.2, 0) is 4.74 Å². The van der Waals surface area contributed by atoms with Crippen molar-refractivity contribution in [2.75, 3.05) is 33.4 Å². The second kappa shape index (κ2) is 10.1. The predicted molar refractivity (Wildman–Crippen MR) is 71.0 cm³/mol. The minimum Gasteiger partial charge on any atom is -0.383 e. The van der Waals surface area contributed by atoms with Gasteiger partial charge in [-0.2, -0.15) is 0 Å². The number of rotatable bonds is 10. The highest BCUT2D eigenvalue weighted by Gasteiger charge is 2.10. The molecule has 0 aliphatic rings. The molecule has 1 N–H and O–H groups in total. The van der Waals surface area contributed by atoms with Crippen LogP contribution in [0.5, 0.6) is 0 Å². The number of nitrogens with one attached hydrogen (secondary N) is 1. The second-order valence-electron chi connectivity index (χ2n) is 4.72. The molecule has 0 aliphatic carbocycles. The lowest BCUT2D eigenvalue weighted by atomic mass is 10.1. The van der Waals surface area contributed by atoms with Crippen molar-refractivity contribution >= 4 is 0 Å². The largest absolute Gasteiger partial charge is 0.383 e. The molecule has 0 rings (SSSR count). The summed E-state index contributed by atoms with van der Waals surface area (Å²) in [4.78, 5) is 2.48.